The molecule has 2 aliphatic heterocycles. The normalized spacial score (nSPS) is 33.4. The maximum absolute atomic E-state index is 9.97. The van der Waals surface area contributed by atoms with Crippen molar-refractivity contribution in [3.63, 3.8) is 0 Å². The van der Waals surface area contributed by atoms with Crippen LogP contribution in [0.25, 0.3) is 0 Å². The molecule has 3 heteroatoms. The van der Waals surface area contributed by atoms with Crippen LogP contribution < -0.4 is 0 Å². The third-order valence-electron chi connectivity index (χ3n) is 3.56. The Morgan fingerprint density at radius 3 is 3.00 bits per heavy atom. The van der Waals surface area contributed by atoms with Gasteiger partial charge in [-0.2, -0.15) is 11.8 Å². The molecule has 0 bridgehead atoms. The summed E-state index contributed by atoms with van der Waals surface area (Å²) in [5.41, 5.74) is 0. The SMILES string of the molecule is OC(CCCC1CCCO1)C1CCSC1. The van der Waals surface area contributed by atoms with Crippen LogP contribution in [0, 0.1) is 5.92 Å². The lowest BCUT2D eigenvalue weighted by atomic mass is 9.96. The summed E-state index contributed by atoms with van der Waals surface area (Å²) in [4.78, 5) is 0. The first kappa shape index (κ1) is 11.7. The zero-order valence-electron chi connectivity index (χ0n) is 9.36. The van der Waals surface area contributed by atoms with Crippen molar-refractivity contribution >= 4 is 11.8 Å². The van der Waals surface area contributed by atoms with Crippen molar-refractivity contribution in [2.24, 2.45) is 5.92 Å². The molecule has 0 aliphatic carbocycles. The number of ether oxygens (including phenoxy) is 1. The third kappa shape index (κ3) is 3.65. The van der Waals surface area contributed by atoms with Crippen LogP contribution in [0.5, 0.6) is 0 Å². The van der Waals surface area contributed by atoms with E-state index in [0.717, 1.165) is 25.9 Å². The van der Waals surface area contributed by atoms with E-state index >= 15 is 0 Å². The standard InChI is InChI=1S/C12H22O2S/c13-12(10-6-8-15-9-10)5-1-3-11-4-2-7-14-11/h10-13H,1-9H2. The Kier molecular flexibility index (Phi) is 4.79. The number of hydrogen-bond donors (Lipinski definition) is 1. The van der Waals surface area contributed by atoms with Gasteiger partial charge in [0.15, 0.2) is 0 Å². The summed E-state index contributed by atoms with van der Waals surface area (Å²) in [6.45, 7) is 0.951. The Morgan fingerprint density at radius 1 is 1.40 bits per heavy atom. The smallest absolute Gasteiger partial charge is 0.0576 e. The van der Waals surface area contributed by atoms with Crippen molar-refractivity contribution in [1.82, 2.24) is 0 Å². The topological polar surface area (TPSA) is 29.5 Å². The lowest BCUT2D eigenvalue weighted by Crippen LogP contribution is -2.20. The quantitative estimate of drug-likeness (QED) is 0.786. The molecule has 1 N–H and O–H groups in total. The Balaban J connectivity index is 1.56. The van der Waals surface area contributed by atoms with E-state index in [9.17, 15) is 5.11 Å². The highest BCUT2D eigenvalue weighted by Crippen LogP contribution is 2.28. The molecule has 2 heterocycles. The molecule has 88 valence electrons. The fraction of sp³-hybridized carbons (Fsp3) is 1.00. The lowest BCUT2D eigenvalue weighted by molar-refractivity contribution is 0.0824. The second-order valence-electron chi connectivity index (χ2n) is 4.76. The summed E-state index contributed by atoms with van der Waals surface area (Å²) in [5, 5.41) is 9.97. The van der Waals surface area contributed by atoms with Crippen LogP contribution in [0.15, 0.2) is 0 Å². The summed E-state index contributed by atoms with van der Waals surface area (Å²) in [7, 11) is 0. The van der Waals surface area contributed by atoms with Crippen LogP contribution in [0.4, 0.5) is 0 Å². The molecule has 0 aromatic heterocycles. The van der Waals surface area contributed by atoms with Crippen molar-refractivity contribution in [2.75, 3.05) is 18.1 Å². The molecule has 2 saturated heterocycles. The van der Waals surface area contributed by atoms with Crippen LogP contribution in [0.3, 0.4) is 0 Å². The zero-order chi connectivity index (χ0) is 10.5. The summed E-state index contributed by atoms with van der Waals surface area (Å²) in [6, 6.07) is 0. The van der Waals surface area contributed by atoms with E-state index < -0.39 is 0 Å². The molecular formula is C12H22O2S. The minimum absolute atomic E-state index is 0.0543. The Morgan fingerprint density at radius 2 is 2.33 bits per heavy atom. The molecule has 0 saturated carbocycles. The first-order valence-electron chi connectivity index (χ1n) is 6.23. The van der Waals surface area contributed by atoms with Gasteiger partial charge in [-0.05, 0) is 55.9 Å². The maximum atomic E-state index is 9.97. The maximum Gasteiger partial charge on any atom is 0.0576 e. The fourth-order valence-electron chi connectivity index (χ4n) is 2.52. The Labute approximate surface area is 96.8 Å². The summed E-state index contributed by atoms with van der Waals surface area (Å²) in [6.07, 6.45) is 7.37. The predicted octanol–water partition coefficient (Wildman–Crippen LogP) is 2.45. The molecule has 2 rings (SSSR count). The molecule has 0 aromatic rings. The first-order chi connectivity index (χ1) is 7.36. The summed E-state index contributed by atoms with van der Waals surface area (Å²) in [5.74, 6) is 2.98. The molecule has 0 radical (unpaired) electrons. The second kappa shape index (κ2) is 6.12. The molecule has 0 spiro atoms. The summed E-state index contributed by atoms with van der Waals surface area (Å²) >= 11 is 1.98. The molecule has 2 aliphatic rings. The number of thioether (sulfide) groups is 1. The summed E-state index contributed by atoms with van der Waals surface area (Å²) < 4.78 is 5.57. The Bertz CT molecular complexity index is 174. The van der Waals surface area contributed by atoms with Gasteiger partial charge in [0.05, 0.1) is 12.2 Å². The van der Waals surface area contributed by atoms with Crippen molar-refractivity contribution in [3.8, 4) is 0 Å². The largest absolute Gasteiger partial charge is 0.393 e. The number of aliphatic hydroxyl groups is 1. The van der Waals surface area contributed by atoms with Crippen LogP contribution in [-0.2, 0) is 4.74 Å². The number of aliphatic hydroxyl groups excluding tert-OH is 1. The van der Waals surface area contributed by atoms with Gasteiger partial charge in [0, 0.05) is 6.61 Å². The average molecular weight is 230 g/mol. The fourth-order valence-corrected chi connectivity index (χ4v) is 3.85. The van der Waals surface area contributed by atoms with Crippen molar-refractivity contribution in [3.05, 3.63) is 0 Å². The molecule has 15 heavy (non-hydrogen) atoms. The van der Waals surface area contributed by atoms with Gasteiger partial charge in [0.25, 0.3) is 0 Å². The molecular weight excluding hydrogens is 208 g/mol. The van der Waals surface area contributed by atoms with E-state index in [2.05, 4.69) is 0 Å². The minimum Gasteiger partial charge on any atom is -0.393 e. The van der Waals surface area contributed by atoms with E-state index in [1.54, 1.807) is 0 Å². The van der Waals surface area contributed by atoms with Crippen LogP contribution in [-0.4, -0.2) is 35.4 Å². The average Bonchev–Trinajstić information content (AvgIpc) is 2.90. The zero-order valence-corrected chi connectivity index (χ0v) is 10.2. The molecule has 2 nitrogen and oxygen atoms in total. The van der Waals surface area contributed by atoms with Gasteiger partial charge in [-0.1, -0.05) is 0 Å². The molecule has 0 aromatic carbocycles. The van der Waals surface area contributed by atoms with E-state index in [-0.39, 0.29) is 6.10 Å². The van der Waals surface area contributed by atoms with Gasteiger partial charge in [-0.3, -0.25) is 0 Å². The van der Waals surface area contributed by atoms with E-state index in [1.165, 1.54) is 30.8 Å². The highest BCUT2D eigenvalue weighted by atomic mass is 32.2. The van der Waals surface area contributed by atoms with Crippen LogP contribution >= 0.6 is 11.8 Å². The van der Waals surface area contributed by atoms with Gasteiger partial charge in [-0.25, -0.2) is 0 Å². The molecule has 3 unspecified atom stereocenters. The Hall–Kier alpha value is 0.270. The van der Waals surface area contributed by atoms with E-state index in [0.29, 0.717) is 12.0 Å². The highest BCUT2D eigenvalue weighted by molar-refractivity contribution is 7.99. The lowest BCUT2D eigenvalue weighted by Gasteiger charge is -2.17. The second-order valence-corrected chi connectivity index (χ2v) is 5.91. The number of hydrogen-bond acceptors (Lipinski definition) is 3. The molecule has 2 fully saturated rings. The van der Waals surface area contributed by atoms with Crippen LogP contribution in [0.1, 0.15) is 38.5 Å². The van der Waals surface area contributed by atoms with Gasteiger partial charge in [0.1, 0.15) is 0 Å². The minimum atomic E-state index is -0.0543. The third-order valence-corrected chi connectivity index (χ3v) is 4.75. The van der Waals surface area contributed by atoms with Gasteiger partial charge in [0.2, 0.25) is 0 Å². The number of rotatable bonds is 5. The van der Waals surface area contributed by atoms with E-state index in [1.807, 2.05) is 11.8 Å². The van der Waals surface area contributed by atoms with Crippen LogP contribution in [0.2, 0.25) is 0 Å². The highest BCUT2D eigenvalue weighted by Gasteiger charge is 2.23. The first-order valence-corrected chi connectivity index (χ1v) is 7.39. The van der Waals surface area contributed by atoms with Crippen molar-refractivity contribution < 1.29 is 9.84 Å². The molecule has 3 atom stereocenters. The van der Waals surface area contributed by atoms with Gasteiger partial charge < -0.3 is 9.84 Å². The monoisotopic (exact) mass is 230 g/mol. The van der Waals surface area contributed by atoms with Gasteiger partial charge in [-0.15, -0.1) is 0 Å². The van der Waals surface area contributed by atoms with E-state index in [4.69, 9.17) is 4.74 Å². The molecule has 0 amide bonds. The van der Waals surface area contributed by atoms with Crippen molar-refractivity contribution in [1.29, 1.82) is 0 Å². The van der Waals surface area contributed by atoms with Gasteiger partial charge >= 0.3 is 0 Å². The van der Waals surface area contributed by atoms with Crippen molar-refractivity contribution in [2.45, 2.75) is 50.7 Å². The predicted molar refractivity (Wildman–Crippen MR) is 64.3 cm³/mol.